The Hall–Kier alpha value is -0.390. The van der Waals surface area contributed by atoms with E-state index in [-0.39, 0.29) is 6.61 Å². The van der Waals surface area contributed by atoms with Crippen LogP contribution in [-0.2, 0) is 4.74 Å². The molecule has 0 bridgehead atoms. The molecule has 54 valence electrons. The lowest BCUT2D eigenvalue weighted by Gasteiger charge is -2.05. The molecule has 3 N–H and O–H groups in total. The lowest BCUT2D eigenvalue weighted by Crippen LogP contribution is -2.20. The summed E-state index contributed by atoms with van der Waals surface area (Å²) in [7, 11) is 0. The van der Waals surface area contributed by atoms with Crippen molar-refractivity contribution in [2.45, 2.75) is 6.10 Å². The van der Waals surface area contributed by atoms with Crippen LogP contribution in [0.5, 0.6) is 0 Å². The fourth-order valence-electron chi connectivity index (χ4n) is 0.220. The molecule has 9 heavy (non-hydrogen) atoms. The molecule has 0 spiro atoms. The Morgan fingerprint density at radius 1 is 1.67 bits per heavy atom. The van der Waals surface area contributed by atoms with E-state index in [2.05, 4.69) is 17.0 Å². The zero-order valence-corrected chi connectivity index (χ0v) is 5.47. The van der Waals surface area contributed by atoms with Crippen LogP contribution in [0.1, 0.15) is 0 Å². The highest BCUT2D eigenvalue weighted by Gasteiger charge is 2.01. The molecular formula is C4H8O4S. The Balaban J connectivity index is 3.16. The van der Waals surface area contributed by atoms with Crippen molar-refractivity contribution in [3.8, 4) is 0 Å². The molecular weight excluding hydrogens is 144 g/mol. The molecule has 0 aliphatic heterocycles. The maximum Gasteiger partial charge on any atom is 0.349 e. The molecule has 0 heterocycles. The Morgan fingerprint density at radius 2 is 2.22 bits per heavy atom. The molecule has 1 atom stereocenters. The second-order valence-electron chi connectivity index (χ2n) is 1.41. The Labute approximate surface area is 57.7 Å². The third-order valence-corrected chi connectivity index (χ3v) is 0.728. The van der Waals surface area contributed by atoms with Crippen LogP contribution < -0.4 is 0 Å². The fraction of sp³-hybridized carbons (Fsp3) is 0.750. The molecule has 0 aromatic rings. The first kappa shape index (κ1) is 8.61. The standard InChI is InChI=1S/C4H8O4S/c5-1-3(6)2-8-4(7)9/h3,5-6H,1-2H2,(H,7,9). The first-order valence-corrected chi connectivity index (χ1v) is 2.72. The molecule has 0 aromatic carbocycles. The maximum absolute atomic E-state index is 8.56. The van der Waals surface area contributed by atoms with Gasteiger partial charge in [-0.05, 0) is 0 Å². The van der Waals surface area contributed by atoms with Crippen LogP contribution in [-0.4, -0.2) is 39.9 Å². The SMILES string of the molecule is OCC(O)COC(O)=S. The van der Waals surface area contributed by atoms with Gasteiger partial charge in [0.2, 0.25) is 0 Å². The number of thiocarbonyl (C=S) groups is 1. The van der Waals surface area contributed by atoms with Gasteiger partial charge in [-0.1, -0.05) is 0 Å². The van der Waals surface area contributed by atoms with Gasteiger partial charge >= 0.3 is 5.24 Å². The summed E-state index contributed by atoms with van der Waals surface area (Å²) in [5, 5.41) is 24.3. The van der Waals surface area contributed by atoms with E-state index >= 15 is 0 Å². The molecule has 0 aliphatic carbocycles. The first-order valence-electron chi connectivity index (χ1n) is 2.31. The summed E-state index contributed by atoms with van der Waals surface area (Å²) in [4.78, 5) is 0. The minimum Gasteiger partial charge on any atom is -0.472 e. The Bertz CT molecular complexity index is 94.6. The van der Waals surface area contributed by atoms with Crippen molar-refractivity contribution >= 4 is 17.5 Å². The van der Waals surface area contributed by atoms with Crippen molar-refractivity contribution in [3.05, 3.63) is 0 Å². The van der Waals surface area contributed by atoms with Crippen LogP contribution in [0.4, 0.5) is 0 Å². The van der Waals surface area contributed by atoms with Gasteiger partial charge in [-0.2, -0.15) is 0 Å². The summed E-state index contributed by atoms with van der Waals surface area (Å²) in [5.41, 5.74) is 0. The van der Waals surface area contributed by atoms with E-state index in [0.29, 0.717) is 0 Å². The molecule has 4 nitrogen and oxygen atoms in total. The van der Waals surface area contributed by atoms with Crippen molar-refractivity contribution in [1.29, 1.82) is 0 Å². The summed E-state index contributed by atoms with van der Waals surface area (Å²) in [5.74, 6) is 0. The average molecular weight is 152 g/mol. The molecule has 0 saturated carbocycles. The summed E-state index contributed by atoms with van der Waals surface area (Å²) in [6.07, 6.45) is -0.977. The van der Waals surface area contributed by atoms with Crippen molar-refractivity contribution in [2.75, 3.05) is 13.2 Å². The minimum absolute atomic E-state index is 0.175. The van der Waals surface area contributed by atoms with Crippen LogP contribution >= 0.6 is 12.2 Å². The molecule has 0 aliphatic rings. The van der Waals surface area contributed by atoms with E-state index in [1.54, 1.807) is 0 Å². The molecule has 0 radical (unpaired) electrons. The van der Waals surface area contributed by atoms with Crippen molar-refractivity contribution in [1.82, 2.24) is 0 Å². The predicted octanol–water partition coefficient (Wildman–Crippen LogP) is -0.801. The van der Waals surface area contributed by atoms with Gasteiger partial charge in [-0.15, -0.1) is 0 Å². The Morgan fingerprint density at radius 3 is 2.56 bits per heavy atom. The molecule has 0 amide bonds. The van der Waals surface area contributed by atoms with Crippen molar-refractivity contribution in [3.63, 3.8) is 0 Å². The van der Waals surface area contributed by atoms with Crippen LogP contribution in [0.3, 0.4) is 0 Å². The van der Waals surface area contributed by atoms with Crippen LogP contribution in [0.15, 0.2) is 0 Å². The smallest absolute Gasteiger partial charge is 0.349 e. The summed E-state index contributed by atoms with van der Waals surface area (Å²) < 4.78 is 4.27. The van der Waals surface area contributed by atoms with Gasteiger partial charge in [0.05, 0.1) is 6.61 Å². The minimum atomic E-state index is -0.977. The molecule has 5 heteroatoms. The third-order valence-electron chi connectivity index (χ3n) is 0.610. The van der Waals surface area contributed by atoms with Gasteiger partial charge in [-0.3, -0.25) is 0 Å². The van der Waals surface area contributed by atoms with Crippen molar-refractivity contribution < 1.29 is 20.1 Å². The molecule has 1 unspecified atom stereocenters. The topological polar surface area (TPSA) is 69.9 Å². The number of rotatable bonds is 3. The number of hydrogen-bond acceptors (Lipinski definition) is 4. The van der Waals surface area contributed by atoms with Gasteiger partial charge in [-0.25, -0.2) is 0 Å². The van der Waals surface area contributed by atoms with Gasteiger partial charge in [0.15, 0.2) is 0 Å². The summed E-state index contributed by atoms with van der Waals surface area (Å²) in [6, 6.07) is 0. The van der Waals surface area contributed by atoms with Crippen LogP contribution in [0, 0.1) is 0 Å². The second kappa shape index (κ2) is 4.49. The highest BCUT2D eigenvalue weighted by molar-refractivity contribution is 7.79. The molecule has 0 saturated heterocycles. The van der Waals surface area contributed by atoms with Gasteiger partial charge < -0.3 is 20.1 Å². The Kier molecular flexibility index (Phi) is 4.29. The largest absolute Gasteiger partial charge is 0.472 e. The fourth-order valence-corrected chi connectivity index (χ4v) is 0.288. The number of aliphatic hydroxyl groups excluding tert-OH is 3. The molecule has 0 fully saturated rings. The lowest BCUT2D eigenvalue weighted by atomic mass is 10.4. The zero-order chi connectivity index (χ0) is 7.28. The highest BCUT2D eigenvalue weighted by Crippen LogP contribution is 1.83. The quantitative estimate of drug-likeness (QED) is 0.462. The predicted molar refractivity (Wildman–Crippen MR) is 34.3 cm³/mol. The zero-order valence-electron chi connectivity index (χ0n) is 4.65. The van der Waals surface area contributed by atoms with Crippen LogP contribution in [0.2, 0.25) is 0 Å². The van der Waals surface area contributed by atoms with E-state index < -0.39 is 17.9 Å². The number of aliphatic hydroxyl groups is 3. The average Bonchev–Trinajstić information content (AvgIpc) is 1.83. The summed E-state index contributed by atoms with van der Waals surface area (Å²) >= 11 is 4.10. The van der Waals surface area contributed by atoms with Gasteiger partial charge in [0.1, 0.15) is 12.7 Å². The normalized spacial score (nSPS) is 12.7. The van der Waals surface area contributed by atoms with E-state index in [1.807, 2.05) is 0 Å². The van der Waals surface area contributed by atoms with Crippen molar-refractivity contribution in [2.24, 2.45) is 0 Å². The maximum atomic E-state index is 8.56. The number of hydrogen-bond donors (Lipinski definition) is 3. The highest BCUT2D eigenvalue weighted by atomic mass is 32.1. The molecule has 0 rings (SSSR count). The lowest BCUT2D eigenvalue weighted by molar-refractivity contribution is 0.0427. The number of ether oxygens (including phenoxy) is 1. The summed E-state index contributed by atoms with van der Waals surface area (Å²) in [6.45, 7) is -0.575. The van der Waals surface area contributed by atoms with Crippen LogP contribution in [0.25, 0.3) is 0 Å². The van der Waals surface area contributed by atoms with Gasteiger partial charge in [0.25, 0.3) is 0 Å². The third kappa shape index (κ3) is 5.48. The van der Waals surface area contributed by atoms with E-state index in [4.69, 9.17) is 15.3 Å². The first-order chi connectivity index (χ1) is 4.16. The van der Waals surface area contributed by atoms with E-state index in [0.717, 1.165) is 0 Å². The monoisotopic (exact) mass is 152 g/mol. The second-order valence-corrected chi connectivity index (χ2v) is 1.76. The van der Waals surface area contributed by atoms with E-state index in [1.165, 1.54) is 0 Å². The molecule has 0 aromatic heterocycles. The van der Waals surface area contributed by atoms with Gasteiger partial charge in [0, 0.05) is 12.2 Å². The van der Waals surface area contributed by atoms with E-state index in [9.17, 15) is 0 Å².